The first kappa shape index (κ1) is 18.5. The Balaban J connectivity index is 1.57. The minimum Gasteiger partial charge on any atom is -0.455 e. The Labute approximate surface area is 158 Å². The molecule has 0 heterocycles. The van der Waals surface area contributed by atoms with Crippen LogP contribution in [0.15, 0.2) is 54.6 Å². The number of amides is 1. The van der Waals surface area contributed by atoms with Crippen LogP contribution < -0.4 is 5.32 Å². The molecule has 1 amide bonds. The first-order chi connectivity index (χ1) is 12.5. The Morgan fingerprint density at radius 3 is 2.35 bits per heavy atom. The highest BCUT2D eigenvalue weighted by Crippen LogP contribution is 2.45. The van der Waals surface area contributed by atoms with Crippen molar-refractivity contribution in [1.29, 1.82) is 0 Å². The zero-order valence-electron chi connectivity index (χ0n) is 14.7. The fourth-order valence-corrected chi connectivity index (χ4v) is 3.41. The van der Waals surface area contributed by atoms with E-state index in [-0.39, 0.29) is 24.5 Å². The van der Waals surface area contributed by atoms with Crippen molar-refractivity contribution in [2.75, 3.05) is 6.61 Å². The van der Waals surface area contributed by atoms with Crippen LogP contribution >= 0.6 is 11.6 Å². The second-order valence-electron chi connectivity index (χ2n) is 6.72. The van der Waals surface area contributed by atoms with E-state index in [9.17, 15) is 9.59 Å². The molecule has 1 aliphatic rings. The van der Waals surface area contributed by atoms with Gasteiger partial charge in [0, 0.05) is 5.02 Å². The molecule has 0 saturated heterocycles. The SMILES string of the molecule is CC(NC(=O)COC(=O)C1(c2ccc(Cl)cc2)CCC1)c1ccccc1. The van der Waals surface area contributed by atoms with Gasteiger partial charge in [0.05, 0.1) is 11.5 Å². The molecule has 0 spiro atoms. The number of esters is 1. The normalized spacial score (nSPS) is 16.2. The van der Waals surface area contributed by atoms with Crippen molar-refractivity contribution in [2.24, 2.45) is 0 Å². The molecular weight excluding hydrogens is 350 g/mol. The van der Waals surface area contributed by atoms with Gasteiger partial charge >= 0.3 is 5.97 Å². The first-order valence-corrected chi connectivity index (χ1v) is 9.17. The van der Waals surface area contributed by atoms with Crippen molar-refractivity contribution >= 4 is 23.5 Å². The highest BCUT2D eigenvalue weighted by atomic mass is 35.5. The van der Waals surface area contributed by atoms with Gasteiger partial charge in [0.2, 0.25) is 0 Å². The quantitative estimate of drug-likeness (QED) is 0.775. The van der Waals surface area contributed by atoms with Gasteiger partial charge in [-0.25, -0.2) is 0 Å². The van der Waals surface area contributed by atoms with Crippen LogP contribution in [0.3, 0.4) is 0 Å². The molecule has 1 saturated carbocycles. The number of carbonyl (C=O) groups excluding carboxylic acids is 2. The molecule has 0 aromatic heterocycles. The molecule has 0 bridgehead atoms. The van der Waals surface area contributed by atoms with Crippen LogP contribution in [-0.2, 0) is 19.7 Å². The third kappa shape index (κ3) is 3.91. The monoisotopic (exact) mass is 371 g/mol. The summed E-state index contributed by atoms with van der Waals surface area (Å²) < 4.78 is 5.35. The van der Waals surface area contributed by atoms with Gasteiger partial charge in [-0.2, -0.15) is 0 Å². The van der Waals surface area contributed by atoms with Crippen LogP contribution in [0.5, 0.6) is 0 Å². The van der Waals surface area contributed by atoms with Crippen LogP contribution in [-0.4, -0.2) is 18.5 Å². The van der Waals surface area contributed by atoms with Gasteiger partial charge in [-0.15, -0.1) is 0 Å². The van der Waals surface area contributed by atoms with Gasteiger partial charge in [-0.05, 0) is 43.0 Å². The fraction of sp³-hybridized carbons (Fsp3) is 0.333. The summed E-state index contributed by atoms with van der Waals surface area (Å²) in [4.78, 5) is 24.8. The summed E-state index contributed by atoms with van der Waals surface area (Å²) in [5, 5.41) is 3.48. The van der Waals surface area contributed by atoms with Crippen molar-refractivity contribution in [3.63, 3.8) is 0 Å². The lowest BCUT2D eigenvalue weighted by atomic mass is 9.64. The van der Waals surface area contributed by atoms with Crippen LogP contribution in [0.2, 0.25) is 5.02 Å². The van der Waals surface area contributed by atoms with E-state index in [1.807, 2.05) is 49.4 Å². The summed E-state index contributed by atoms with van der Waals surface area (Å²) in [6, 6.07) is 16.8. The molecule has 2 aromatic carbocycles. The van der Waals surface area contributed by atoms with Gasteiger partial charge in [0.1, 0.15) is 0 Å². The van der Waals surface area contributed by atoms with Crippen LogP contribution in [0.1, 0.15) is 43.4 Å². The molecule has 1 N–H and O–H groups in total. The summed E-state index contributed by atoms with van der Waals surface area (Å²) in [7, 11) is 0. The lowest BCUT2D eigenvalue weighted by Crippen LogP contribution is -2.45. The van der Waals surface area contributed by atoms with Gasteiger partial charge in [0.15, 0.2) is 6.61 Å². The first-order valence-electron chi connectivity index (χ1n) is 8.79. The molecule has 2 aromatic rings. The fourth-order valence-electron chi connectivity index (χ4n) is 3.29. The summed E-state index contributed by atoms with van der Waals surface area (Å²) >= 11 is 5.94. The van der Waals surface area contributed by atoms with Gasteiger partial charge in [-0.3, -0.25) is 9.59 Å². The maximum atomic E-state index is 12.7. The highest BCUT2D eigenvalue weighted by Gasteiger charge is 2.47. The largest absolute Gasteiger partial charge is 0.455 e. The number of ether oxygens (including phenoxy) is 1. The van der Waals surface area contributed by atoms with E-state index in [2.05, 4.69) is 5.32 Å². The Morgan fingerprint density at radius 2 is 1.77 bits per heavy atom. The Kier molecular flexibility index (Phi) is 5.62. The van der Waals surface area contributed by atoms with Crippen LogP contribution in [0.25, 0.3) is 0 Å². The smallest absolute Gasteiger partial charge is 0.317 e. The lowest BCUT2D eigenvalue weighted by molar-refractivity contribution is -0.157. The second kappa shape index (κ2) is 7.92. The molecule has 3 rings (SSSR count). The molecular formula is C21H22ClNO3. The van der Waals surface area contributed by atoms with E-state index in [1.54, 1.807) is 12.1 Å². The Morgan fingerprint density at radius 1 is 1.12 bits per heavy atom. The molecule has 0 radical (unpaired) electrons. The summed E-state index contributed by atoms with van der Waals surface area (Å²) in [5.41, 5.74) is 1.26. The number of hydrogen-bond donors (Lipinski definition) is 1. The maximum absolute atomic E-state index is 12.7. The number of halogens is 1. The lowest BCUT2D eigenvalue weighted by Gasteiger charge is -2.39. The Hall–Kier alpha value is -2.33. The third-order valence-corrected chi connectivity index (χ3v) is 5.26. The minimum absolute atomic E-state index is 0.142. The zero-order chi connectivity index (χ0) is 18.6. The molecule has 5 heteroatoms. The molecule has 4 nitrogen and oxygen atoms in total. The summed E-state index contributed by atoms with van der Waals surface area (Å²) in [6.07, 6.45) is 2.43. The zero-order valence-corrected chi connectivity index (χ0v) is 15.5. The average Bonchev–Trinajstić information content (AvgIpc) is 2.61. The minimum atomic E-state index is -0.643. The van der Waals surface area contributed by atoms with Crippen LogP contribution in [0, 0.1) is 0 Å². The predicted molar refractivity (Wildman–Crippen MR) is 101 cm³/mol. The summed E-state index contributed by atoms with van der Waals surface area (Å²) in [6.45, 7) is 1.63. The molecule has 1 aliphatic carbocycles. The van der Waals surface area contributed by atoms with Crippen molar-refractivity contribution in [1.82, 2.24) is 5.32 Å². The molecule has 136 valence electrons. The molecule has 1 atom stereocenters. The Bertz CT molecular complexity index is 770. The van der Waals surface area contributed by atoms with E-state index < -0.39 is 5.41 Å². The van der Waals surface area contributed by atoms with E-state index in [1.165, 1.54) is 0 Å². The number of nitrogens with one attached hydrogen (secondary N) is 1. The van der Waals surface area contributed by atoms with Crippen molar-refractivity contribution in [3.05, 3.63) is 70.7 Å². The second-order valence-corrected chi connectivity index (χ2v) is 7.16. The molecule has 1 fully saturated rings. The third-order valence-electron chi connectivity index (χ3n) is 5.01. The highest BCUT2D eigenvalue weighted by molar-refractivity contribution is 6.30. The maximum Gasteiger partial charge on any atom is 0.317 e. The van der Waals surface area contributed by atoms with Gasteiger partial charge in [0.25, 0.3) is 5.91 Å². The number of benzene rings is 2. The van der Waals surface area contributed by atoms with Gasteiger partial charge in [-0.1, -0.05) is 60.5 Å². The number of rotatable bonds is 6. The van der Waals surface area contributed by atoms with E-state index in [0.29, 0.717) is 5.02 Å². The molecule has 1 unspecified atom stereocenters. The number of carbonyl (C=O) groups is 2. The molecule has 0 aliphatic heterocycles. The average molecular weight is 372 g/mol. The van der Waals surface area contributed by atoms with Crippen LogP contribution in [0.4, 0.5) is 0 Å². The van der Waals surface area contributed by atoms with Crippen molar-refractivity contribution in [3.8, 4) is 0 Å². The van der Waals surface area contributed by atoms with Crippen molar-refractivity contribution in [2.45, 2.75) is 37.6 Å². The van der Waals surface area contributed by atoms with E-state index in [4.69, 9.17) is 16.3 Å². The van der Waals surface area contributed by atoms with E-state index in [0.717, 1.165) is 30.4 Å². The predicted octanol–water partition coefficient (Wildman–Crippen LogP) is 4.18. The van der Waals surface area contributed by atoms with Crippen molar-refractivity contribution < 1.29 is 14.3 Å². The van der Waals surface area contributed by atoms with E-state index >= 15 is 0 Å². The van der Waals surface area contributed by atoms with Gasteiger partial charge < -0.3 is 10.1 Å². The molecule has 26 heavy (non-hydrogen) atoms. The standard InChI is InChI=1S/C21H22ClNO3/c1-15(16-6-3-2-4-7-16)23-19(24)14-26-20(25)21(12-5-13-21)17-8-10-18(22)11-9-17/h2-4,6-11,15H,5,12-14H2,1H3,(H,23,24). The number of hydrogen-bond acceptors (Lipinski definition) is 3. The topological polar surface area (TPSA) is 55.4 Å². The summed E-state index contributed by atoms with van der Waals surface area (Å²) in [5.74, 6) is -0.645.